The largest absolute Gasteiger partial charge is 0.396 e. The fraction of sp³-hybridized carbons (Fsp3) is 0.462. The molecule has 1 amide bonds. The molecule has 0 saturated carbocycles. The minimum absolute atomic E-state index is 0.00729. The molecule has 0 aliphatic heterocycles. The van der Waals surface area contributed by atoms with Crippen LogP contribution in [0.3, 0.4) is 0 Å². The van der Waals surface area contributed by atoms with E-state index >= 15 is 0 Å². The molecule has 3 nitrogen and oxygen atoms in total. The molecule has 0 aromatic heterocycles. The molecule has 1 aromatic rings. The maximum absolute atomic E-state index is 13.0. The van der Waals surface area contributed by atoms with Crippen LogP contribution in [-0.4, -0.2) is 35.1 Å². The number of carbonyl (C=O) groups excluding carboxylic acids is 1. The monoisotopic (exact) mass is 273 g/mol. The number of aliphatic hydroxyl groups excluding tert-OH is 1. The minimum atomic E-state index is -0.542. The minimum Gasteiger partial charge on any atom is -0.396 e. The van der Waals surface area contributed by atoms with Gasteiger partial charge < -0.3 is 10.0 Å². The first-order valence-corrected chi connectivity index (χ1v) is 6.22. The van der Waals surface area contributed by atoms with Crippen molar-refractivity contribution in [1.82, 2.24) is 4.90 Å². The van der Waals surface area contributed by atoms with Gasteiger partial charge in [0.15, 0.2) is 0 Å². The second-order valence-corrected chi connectivity index (χ2v) is 4.71. The molecule has 1 rings (SSSR count). The summed E-state index contributed by atoms with van der Waals surface area (Å²) >= 11 is 5.66. The maximum Gasteiger partial charge on any atom is 0.254 e. The topological polar surface area (TPSA) is 40.5 Å². The molecule has 5 heteroatoms. The van der Waals surface area contributed by atoms with E-state index < -0.39 is 5.82 Å². The number of hydrogen-bond donors (Lipinski definition) is 1. The van der Waals surface area contributed by atoms with Crippen molar-refractivity contribution in [1.29, 1.82) is 0 Å². The van der Waals surface area contributed by atoms with Gasteiger partial charge in [-0.15, -0.1) is 0 Å². The summed E-state index contributed by atoms with van der Waals surface area (Å²) in [6, 6.07) is 3.93. The summed E-state index contributed by atoms with van der Waals surface area (Å²) in [5, 5.41) is 8.76. The van der Waals surface area contributed by atoms with Crippen molar-refractivity contribution in [3.63, 3.8) is 0 Å². The third-order valence-corrected chi connectivity index (χ3v) is 2.90. The molecule has 0 heterocycles. The van der Waals surface area contributed by atoms with Crippen LogP contribution in [0.1, 0.15) is 30.6 Å². The first kappa shape index (κ1) is 14.9. The Labute approximate surface area is 111 Å². The van der Waals surface area contributed by atoms with E-state index in [1.165, 1.54) is 18.2 Å². The molecule has 0 bridgehead atoms. The van der Waals surface area contributed by atoms with Gasteiger partial charge >= 0.3 is 0 Å². The van der Waals surface area contributed by atoms with Gasteiger partial charge in [-0.3, -0.25) is 4.79 Å². The van der Waals surface area contributed by atoms with Crippen molar-refractivity contribution in [3.05, 3.63) is 34.6 Å². The summed E-state index contributed by atoms with van der Waals surface area (Å²) in [6.07, 6.45) is 0.513. The van der Waals surface area contributed by atoms with E-state index in [9.17, 15) is 9.18 Å². The third-order valence-electron chi connectivity index (χ3n) is 2.61. The Bertz CT molecular complexity index is 423. The van der Waals surface area contributed by atoms with E-state index in [0.717, 1.165) is 0 Å². The van der Waals surface area contributed by atoms with E-state index in [-0.39, 0.29) is 23.6 Å². The molecule has 100 valence electrons. The molecule has 0 radical (unpaired) electrons. The van der Waals surface area contributed by atoms with Crippen molar-refractivity contribution in [2.24, 2.45) is 0 Å². The standard InChI is InChI=1S/C13H17ClFNO2/c1-9(2)16(6-3-7-17)13(18)10-4-5-12(15)11(14)8-10/h4-5,8-9,17H,3,6-7H2,1-2H3. The smallest absolute Gasteiger partial charge is 0.254 e. The first-order valence-electron chi connectivity index (χ1n) is 5.84. The molecule has 1 N–H and O–H groups in total. The normalized spacial score (nSPS) is 10.8. The number of nitrogens with zero attached hydrogens (tertiary/aromatic N) is 1. The van der Waals surface area contributed by atoms with Gasteiger partial charge in [0.25, 0.3) is 5.91 Å². The molecule has 18 heavy (non-hydrogen) atoms. The average molecular weight is 274 g/mol. The van der Waals surface area contributed by atoms with Crippen LogP contribution < -0.4 is 0 Å². The zero-order valence-corrected chi connectivity index (χ0v) is 11.2. The Morgan fingerprint density at radius 2 is 2.17 bits per heavy atom. The van der Waals surface area contributed by atoms with Crippen molar-refractivity contribution >= 4 is 17.5 Å². The molecule has 1 aromatic carbocycles. The highest BCUT2D eigenvalue weighted by Crippen LogP contribution is 2.18. The lowest BCUT2D eigenvalue weighted by Crippen LogP contribution is -2.38. The van der Waals surface area contributed by atoms with Gasteiger partial charge in [-0.25, -0.2) is 4.39 Å². The van der Waals surface area contributed by atoms with Crippen LogP contribution in [0.15, 0.2) is 18.2 Å². The Morgan fingerprint density at radius 1 is 1.50 bits per heavy atom. The van der Waals surface area contributed by atoms with E-state index in [2.05, 4.69) is 0 Å². The maximum atomic E-state index is 13.0. The van der Waals surface area contributed by atoms with Gasteiger partial charge in [0.2, 0.25) is 0 Å². The number of rotatable bonds is 5. The third kappa shape index (κ3) is 3.68. The number of carbonyl (C=O) groups is 1. The fourth-order valence-corrected chi connectivity index (χ4v) is 1.81. The van der Waals surface area contributed by atoms with Crippen molar-refractivity contribution in [3.8, 4) is 0 Å². The van der Waals surface area contributed by atoms with Gasteiger partial charge in [-0.05, 0) is 38.5 Å². The molecule has 0 saturated heterocycles. The molecule has 0 aliphatic rings. The van der Waals surface area contributed by atoms with Crippen LogP contribution in [0.5, 0.6) is 0 Å². The highest BCUT2D eigenvalue weighted by atomic mass is 35.5. The summed E-state index contributed by atoms with van der Waals surface area (Å²) in [5.74, 6) is -0.750. The second-order valence-electron chi connectivity index (χ2n) is 4.30. The van der Waals surface area contributed by atoms with Crippen LogP contribution in [-0.2, 0) is 0 Å². The lowest BCUT2D eigenvalue weighted by atomic mass is 10.1. The Balaban J connectivity index is 2.91. The van der Waals surface area contributed by atoms with Gasteiger partial charge in [0, 0.05) is 24.8 Å². The van der Waals surface area contributed by atoms with Crippen LogP contribution >= 0.6 is 11.6 Å². The van der Waals surface area contributed by atoms with E-state index in [4.69, 9.17) is 16.7 Å². The second kappa shape index (κ2) is 6.71. The summed E-state index contributed by atoms with van der Waals surface area (Å²) in [5.41, 5.74) is 0.355. The lowest BCUT2D eigenvalue weighted by Gasteiger charge is -2.26. The first-order chi connectivity index (χ1) is 8.47. The highest BCUT2D eigenvalue weighted by molar-refractivity contribution is 6.31. The molecule has 0 unspecified atom stereocenters. The molecule has 0 atom stereocenters. The van der Waals surface area contributed by atoms with E-state index in [1.807, 2.05) is 13.8 Å². The van der Waals surface area contributed by atoms with E-state index in [0.29, 0.717) is 18.5 Å². The number of amides is 1. The predicted molar refractivity (Wildman–Crippen MR) is 69.3 cm³/mol. The van der Waals surface area contributed by atoms with Crippen LogP contribution in [0.2, 0.25) is 5.02 Å². The van der Waals surface area contributed by atoms with Crippen LogP contribution in [0, 0.1) is 5.82 Å². The van der Waals surface area contributed by atoms with Crippen molar-refractivity contribution < 1.29 is 14.3 Å². The quantitative estimate of drug-likeness (QED) is 0.896. The SMILES string of the molecule is CC(C)N(CCCO)C(=O)c1ccc(F)c(Cl)c1. The molecule has 0 fully saturated rings. The van der Waals surface area contributed by atoms with Gasteiger partial charge in [0.1, 0.15) is 5.82 Å². The van der Waals surface area contributed by atoms with Gasteiger partial charge in [-0.1, -0.05) is 11.6 Å². The summed E-state index contributed by atoms with van der Waals surface area (Å²) in [7, 11) is 0. The number of aliphatic hydroxyl groups is 1. The summed E-state index contributed by atoms with van der Waals surface area (Å²) in [4.78, 5) is 13.8. The summed E-state index contributed by atoms with van der Waals surface area (Å²) < 4.78 is 13.0. The van der Waals surface area contributed by atoms with Crippen molar-refractivity contribution in [2.75, 3.05) is 13.2 Å². The molecular formula is C13H17ClFNO2. The molecule has 0 aliphatic carbocycles. The highest BCUT2D eigenvalue weighted by Gasteiger charge is 2.19. The fourth-order valence-electron chi connectivity index (χ4n) is 1.63. The number of halogens is 2. The molecular weight excluding hydrogens is 257 g/mol. The zero-order valence-electron chi connectivity index (χ0n) is 10.5. The average Bonchev–Trinajstić information content (AvgIpc) is 2.32. The number of hydrogen-bond acceptors (Lipinski definition) is 2. The zero-order chi connectivity index (χ0) is 13.7. The lowest BCUT2D eigenvalue weighted by molar-refractivity contribution is 0.0693. The van der Waals surface area contributed by atoms with Gasteiger partial charge in [0.05, 0.1) is 5.02 Å². The van der Waals surface area contributed by atoms with Crippen molar-refractivity contribution in [2.45, 2.75) is 26.3 Å². The number of benzene rings is 1. The predicted octanol–water partition coefficient (Wildman–Crippen LogP) is 2.71. The molecule has 0 spiro atoms. The Morgan fingerprint density at radius 3 is 2.67 bits per heavy atom. The Hall–Kier alpha value is -1.13. The van der Waals surface area contributed by atoms with E-state index in [1.54, 1.807) is 4.90 Å². The van der Waals surface area contributed by atoms with Crippen LogP contribution in [0.25, 0.3) is 0 Å². The van der Waals surface area contributed by atoms with Crippen LogP contribution in [0.4, 0.5) is 4.39 Å². The Kier molecular flexibility index (Phi) is 5.56. The van der Waals surface area contributed by atoms with Gasteiger partial charge in [-0.2, -0.15) is 0 Å². The summed E-state index contributed by atoms with van der Waals surface area (Å²) in [6.45, 7) is 4.27.